The third kappa shape index (κ3) is 3.76. The monoisotopic (exact) mass is 406 g/mol. The number of nitrogens with one attached hydrogen (secondary N) is 1. The minimum atomic E-state index is -3.67. The van der Waals surface area contributed by atoms with E-state index >= 15 is 0 Å². The van der Waals surface area contributed by atoms with E-state index in [4.69, 9.17) is 14.2 Å². The summed E-state index contributed by atoms with van der Waals surface area (Å²) < 4.78 is 42.7. The van der Waals surface area contributed by atoms with Gasteiger partial charge in [0, 0.05) is 14.1 Å². The van der Waals surface area contributed by atoms with E-state index in [0.29, 0.717) is 17.2 Å². The Hall–Kier alpha value is -2.78. The van der Waals surface area contributed by atoms with Crippen LogP contribution in [0.5, 0.6) is 17.2 Å². The van der Waals surface area contributed by atoms with E-state index in [2.05, 4.69) is 5.32 Å². The molecule has 28 heavy (non-hydrogen) atoms. The second-order valence-corrected chi connectivity index (χ2v) is 8.60. The highest BCUT2D eigenvalue weighted by Gasteiger charge is 2.34. The van der Waals surface area contributed by atoms with E-state index in [1.54, 1.807) is 25.1 Å². The predicted octanol–water partition coefficient (Wildman–Crippen LogP) is 2.11. The van der Waals surface area contributed by atoms with Gasteiger partial charge in [0.25, 0.3) is 5.91 Å². The minimum Gasteiger partial charge on any atom is -0.495 e. The van der Waals surface area contributed by atoms with Crippen LogP contribution in [0.1, 0.15) is 6.92 Å². The average molecular weight is 406 g/mol. The fourth-order valence-electron chi connectivity index (χ4n) is 2.77. The summed E-state index contributed by atoms with van der Waals surface area (Å²) in [6.07, 6.45) is -1.44. The van der Waals surface area contributed by atoms with Crippen molar-refractivity contribution in [1.82, 2.24) is 4.31 Å². The molecule has 9 heteroatoms. The summed E-state index contributed by atoms with van der Waals surface area (Å²) in [5.41, 5.74) is 0.227. The van der Waals surface area contributed by atoms with E-state index in [-0.39, 0.29) is 10.6 Å². The smallest absolute Gasteiger partial charge is 0.269 e. The Morgan fingerprint density at radius 1 is 1.11 bits per heavy atom. The molecule has 0 radical (unpaired) electrons. The fraction of sp³-hybridized carbons (Fsp3) is 0.316. The topological polar surface area (TPSA) is 94.2 Å². The zero-order valence-corrected chi connectivity index (χ0v) is 16.8. The molecule has 0 spiro atoms. The van der Waals surface area contributed by atoms with E-state index < -0.39 is 28.1 Å². The Morgan fingerprint density at radius 2 is 1.75 bits per heavy atom. The normalized spacial score (nSPS) is 18.6. The lowest BCUT2D eigenvalue weighted by Crippen LogP contribution is -2.46. The van der Waals surface area contributed by atoms with Crippen LogP contribution in [0.15, 0.2) is 47.4 Å². The molecular formula is C19H22N2O6S. The van der Waals surface area contributed by atoms with Gasteiger partial charge < -0.3 is 19.5 Å². The Kier molecular flexibility index (Phi) is 5.48. The Balaban J connectivity index is 1.87. The van der Waals surface area contributed by atoms with Gasteiger partial charge in [-0.3, -0.25) is 4.79 Å². The number of anilines is 1. The van der Waals surface area contributed by atoms with Crippen molar-refractivity contribution in [3.8, 4) is 17.2 Å². The molecule has 0 saturated heterocycles. The third-order valence-electron chi connectivity index (χ3n) is 4.31. The molecule has 3 rings (SSSR count). The van der Waals surface area contributed by atoms with Crippen LogP contribution in [0, 0.1) is 0 Å². The van der Waals surface area contributed by atoms with Gasteiger partial charge in [-0.15, -0.1) is 0 Å². The molecule has 1 aliphatic rings. The van der Waals surface area contributed by atoms with Gasteiger partial charge in [0.1, 0.15) is 11.9 Å². The highest BCUT2D eigenvalue weighted by Crippen LogP contribution is 2.34. The third-order valence-corrected chi connectivity index (χ3v) is 6.12. The van der Waals surface area contributed by atoms with E-state index in [1.165, 1.54) is 39.4 Å². The molecule has 8 nitrogen and oxygen atoms in total. The van der Waals surface area contributed by atoms with Gasteiger partial charge in [-0.25, -0.2) is 12.7 Å². The predicted molar refractivity (Wildman–Crippen MR) is 103 cm³/mol. The molecule has 150 valence electrons. The molecule has 2 unspecified atom stereocenters. The molecule has 0 aromatic heterocycles. The molecule has 0 bridgehead atoms. The maximum Gasteiger partial charge on any atom is 0.269 e. The van der Waals surface area contributed by atoms with Crippen molar-refractivity contribution in [1.29, 1.82) is 0 Å². The van der Waals surface area contributed by atoms with Gasteiger partial charge in [-0.05, 0) is 37.3 Å². The van der Waals surface area contributed by atoms with Gasteiger partial charge in [0.05, 0.1) is 17.7 Å². The van der Waals surface area contributed by atoms with Crippen LogP contribution in [0.2, 0.25) is 0 Å². The number of ether oxygens (including phenoxy) is 3. The van der Waals surface area contributed by atoms with Gasteiger partial charge in [-0.2, -0.15) is 0 Å². The number of fused-ring (bicyclic) bond motifs is 1. The number of hydrogen-bond acceptors (Lipinski definition) is 6. The number of nitrogens with zero attached hydrogens (tertiary/aromatic N) is 1. The summed E-state index contributed by atoms with van der Waals surface area (Å²) >= 11 is 0. The Labute approximate surface area is 164 Å². The van der Waals surface area contributed by atoms with Crippen LogP contribution >= 0.6 is 0 Å². The molecule has 1 heterocycles. The summed E-state index contributed by atoms with van der Waals surface area (Å²) in [6, 6.07) is 11.3. The van der Waals surface area contributed by atoms with Crippen molar-refractivity contribution in [3.05, 3.63) is 42.5 Å². The molecule has 1 amide bonds. The van der Waals surface area contributed by atoms with Crippen molar-refractivity contribution < 1.29 is 27.4 Å². The van der Waals surface area contributed by atoms with Crippen LogP contribution in [0.25, 0.3) is 0 Å². The molecule has 0 fully saturated rings. The molecule has 0 aliphatic carbocycles. The number of hydrogen-bond donors (Lipinski definition) is 1. The lowest BCUT2D eigenvalue weighted by molar-refractivity contribution is -0.128. The summed E-state index contributed by atoms with van der Waals surface area (Å²) in [5, 5.41) is 2.69. The second kappa shape index (κ2) is 7.69. The summed E-state index contributed by atoms with van der Waals surface area (Å²) in [6.45, 7) is 1.73. The molecule has 1 aliphatic heterocycles. The van der Waals surface area contributed by atoms with E-state index in [9.17, 15) is 13.2 Å². The van der Waals surface area contributed by atoms with Crippen molar-refractivity contribution in [2.75, 3.05) is 26.5 Å². The maximum atomic E-state index is 12.8. The fourth-order valence-corrected chi connectivity index (χ4v) is 3.69. The lowest BCUT2D eigenvalue weighted by Gasteiger charge is -2.31. The highest BCUT2D eigenvalue weighted by molar-refractivity contribution is 7.89. The quantitative estimate of drug-likeness (QED) is 0.817. The average Bonchev–Trinajstić information content (AvgIpc) is 2.67. The second-order valence-electron chi connectivity index (χ2n) is 6.45. The number of carbonyl (C=O) groups is 1. The number of rotatable bonds is 5. The van der Waals surface area contributed by atoms with Gasteiger partial charge >= 0.3 is 0 Å². The maximum absolute atomic E-state index is 12.8. The van der Waals surface area contributed by atoms with Gasteiger partial charge in [0.15, 0.2) is 11.5 Å². The first-order valence-corrected chi connectivity index (χ1v) is 10.0. The zero-order valence-electron chi connectivity index (χ0n) is 16.0. The first-order chi connectivity index (χ1) is 13.2. The molecule has 0 saturated carbocycles. The number of sulfonamides is 1. The Morgan fingerprint density at radius 3 is 2.36 bits per heavy atom. The number of methoxy groups -OCH3 is 1. The number of benzene rings is 2. The molecule has 2 aromatic rings. The number of amides is 1. The lowest BCUT2D eigenvalue weighted by atomic mass is 10.1. The molecule has 2 aromatic carbocycles. The minimum absolute atomic E-state index is 0.0350. The van der Waals surface area contributed by atoms with Crippen LogP contribution in [-0.4, -0.2) is 52.0 Å². The summed E-state index contributed by atoms with van der Waals surface area (Å²) in [7, 11) is 0.639. The van der Waals surface area contributed by atoms with Crippen LogP contribution in [0.3, 0.4) is 0 Å². The molecular weight excluding hydrogens is 384 g/mol. The van der Waals surface area contributed by atoms with Crippen molar-refractivity contribution in [3.63, 3.8) is 0 Å². The number of para-hydroxylation sites is 2. The first kappa shape index (κ1) is 20.0. The van der Waals surface area contributed by atoms with E-state index in [0.717, 1.165) is 4.31 Å². The van der Waals surface area contributed by atoms with Crippen LogP contribution in [-0.2, 0) is 14.8 Å². The highest BCUT2D eigenvalue weighted by atomic mass is 32.2. The molecule has 2 atom stereocenters. The SMILES string of the molecule is COc1ccc(S(=O)(=O)N(C)C)cc1NC(=O)C1Oc2ccccc2OC1C. The Bertz CT molecular complexity index is 990. The van der Waals surface area contributed by atoms with E-state index in [1.807, 2.05) is 6.07 Å². The van der Waals surface area contributed by atoms with Crippen LogP contribution < -0.4 is 19.5 Å². The summed E-state index contributed by atoms with van der Waals surface area (Å²) in [5.74, 6) is 0.892. The zero-order chi connectivity index (χ0) is 20.5. The van der Waals surface area contributed by atoms with Crippen molar-refractivity contribution in [2.24, 2.45) is 0 Å². The first-order valence-electron chi connectivity index (χ1n) is 8.58. The van der Waals surface area contributed by atoms with Crippen molar-refractivity contribution >= 4 is 21.6 Å². The van der Waals surface area contributed by atoms with Crippen LogP contribution in [0.4, 0.5) is 5.69 Å². The number of carbonyl (C=O) groups excluding carboxylic acids is 1. The standard InChI is InChI=1S/C19H22N2O6S/c1-12-18(27-17-8-6-5-7-16(17)26-12)19(22)20-14-11-13(9-10-15(14)25-4)28(23,24)21(2)3/h5-12,18H,1-4H3,(H,20,22). The largest absolute Gasteiger partial charge is 0.495 e. The molecule has 1 N–H and O–H groups in total. The van der Waals surface area contributed by atoms with Gasteiger partial charge in [-0.1, -0.05) is 12.1 Å². The van der Waals surface area contributed by atoms with Gasteiger partial charge in [0.2, 0.25) is 16.1 Å². The summed E-state index contributed by atoms with van der Waals surface area (Å²) in [4.78, 5) is 12.9. The van der Waals surface area contributed by atoms with Crippen molar-refractivity contribution in [2.45, 2.75) is 24.0 Å².